The molecule has 0 aliphatic carbocycles. The van der Waals surface area contributed by atoms with Gasteiger partial charge in [-0.2, -0.15) is 5.26 Å². The predicted molar refractivity (Wildman–Crippen MR) is 84.4 cm³/mol. The van der Waals surface area contributed by atoms with Gasteiger partial charge in [-0.15, -0.1) is 12.4 Å². The van der Waals surface area contributed by atoms with Crippen LogP contribution >= 0.6 is 28.3 Å². The maximum atomic E-state index is 12.1. The van der Waals surface area contributed by atoms with Gasteiger partial charge < -0.3 is 5.32 Å². The van der Waals surface area contributed by atoms with E-state index in [1.165, 1.54) is 12.1 Å². The lowest BCUT2D eigenvalue weighted by Gasteiger charge is -2.13. The first-order valence-electron chi connectivity index (χ1n) is 5.82. The number of hydrogen-bond acceptors (Lipinski definition) is 4. The van der Waals surface area contributed by atoms with Crippen LogP contribution < -0.4 is 10.0 Å². The molecule has 0 fully saturated rings. The number of benzene rings is 1. The minimum Gasteiger partial charge on any atom is -0.313 e. The zero-order valence-corrected chi connectivity index (χ0v) is 14.4. The van der Waals surface area contributed by atoms with Crippen molar-refractivity contribution in [1.29, 1.82) is 5.26 Å². The molecule has 1 aromatic rings. The molecule has 0 aliphatic heterocycles. The second-order valence-corrected chi connectivity index (χ2v) is 6.78. The normalized spacial score (nSPS) is 12.3. The molecule has 2 N–H and O–H groups in total. The highest BCUT2D eigenvalue weighted by Gasteiger charge is 2.16. The first kappa shape index (κ1) is 19.4. The molecular weight excluding hydrogens is 366 g/mol. The summed E-state index contributed by atoms with van der Waals surface area (Å²) >= 11 is 3.20. The second-order valence-electron chi connectivity index (χ2n) is 4.10. The van der Waals surface area contributed by atoms with Gasteiger partial charge in [0.2, 0.25) is 10.0 Å². The third-order valence-corrected chi connectivity index (χ3v) is 4.30. The number of halogens is 2. The Hall–Kier alpha value is -0.650. The van der Waals surface area contributed by atoms with Crippen LogP contribution in [0.1, 0.15) is 19.4 Å². The van der Waals surface area contributed by atoms with Crippen molar-refractivity contribution in [3.05, 3.63) is 28.2 Å². The average molecular weight is 383 g/mol. The first-order chi connectivity index (χ1) is 8.89. The SMILES string of the molecule is CCN[C@H](C)CNS(=O)(=O)c1cc(Br)cc(C#N)c1.Cl. The Morgan fingerprint density at radius 2 is 2.05 bits per heavy atom. The smallest absolute Gasteiger partial charge is 0.240 e. The van der Waals surface area contributed by atoms with Gasteiger partial charge in [-0.05, 0) is 31.7 Å². The topological polar surface area (TPSA) is 82.0 Å². The van der Waals surface area contributed by atoms with Crippen LogP contribution in [0.4, 0.5) is 0 Å². The van der Waals surface area contributed by atoms with Gasteiger partial charge in [-0.1, -0.05) is 22.9 Å². The van der Waals surface area contributed by atoms with E-state index in [9.17, 15) is 8.42 Å². The summed E-state index contributed by atoms with van der Waals surface area (Å²) < 4.78 is 27.3. The Bertz CT molecular complexity index is 587. The van der Waals surface area contributed by atoms with Gasteiger partial charge in [0.1, 0.15) is 0 Å². The fourth-order valence-electron chi connectivity index (χ4n) is 1.52. The van der Waals surface area contributed by atoms with E-state index < -0.39 is 10.0 Å². The first-order valence-corrected chi connectivity index (χ1v) is 8.10. The monoisotopic (exact) mass is 381 g/mol. The molecule has 1 aromatic carbocycles. The minimum atomic E-state index is -3.60. The van der Waals surface area contributed by atoms with Gasteiger partial charge in [0.05, 0.1) is 16.5 Å². The van der Waals surface area contributed by atoms with Gasteiger partial charge in [0.25, 0.3) is 0 Å². The number of sulfonamides is 1. The third-order valence-electron chi connectivity index (χ3n) is 2.44. The van der Waals surface area contributed by atoms with Crippen LogP contribution in [-0.4, -0.2) is 27.5 Å². The molecule has 0 radical (unpaired) electrons. The van der Waals surface area contributed by atoms with Crippen molar-refractivity contribution in [1.82, 2.24) is 10.0 Å². The quantitative estimate of drug-likeness (QED) is 0.788. The molecule has 112 valence electrons. The van der Waals surface area contributed by atoms with E-state index in [0.717, 1.165) is 6.54 Å². The molecule has 0 aliphatic rings. The van der Waals surface area contributed by atoms with E-state index in [-0.39, 0.29) is 23.3 Å². The van der Waals surface area contributed by atoms with Crippen molar-refractivity contribution in [2.75, 3.05) is 13.1 Å². The number of nitriles is 1. The zero-order valence-electron chi connectivity index (χ0n) is 11.2. The maximum Gasteiger partial charge on any atom is 0.240 e. The van der Waals surface area contributed by atoms with Crippen molar-refractivity contribution in [3.63, 3.8) is 0 Å². The summed E-state index contributed by atoms with van der Waals surface area (Å²) in [5.41, 5.74) is 0.300. The lowest BCUT2D eigenvalue weighted by molar-refractivity contribution is 0.536. The minimum absolute atomic E-state index is 0. The largest absolute Gasteiger partial charge is 0.313 e. The lowest BCUT2D eigenvalue weighted by Crippen LogP contribution is -2.38. The van der Waals surface area contributed by atoms with Gasteiger partial charge in [-0.25, -0.2) is 13.1 Å². The Balaban J connectivity index is 0.00000361. The molecule has 1 rings (SSSR count). The Morgan fingerprint density at radius 3 is 2.60 bits per heavy atom. The molecule has 1 atom stereocenters. The van der Waals surface area contributed by atoms with Crippen molar-refractivity contribution in [3.8, 4) is 6.07 Å². The van der Waals surface area contributed by atoms with E-state index >= 15 is 0 Å². The summed E-state index contributed by atoms with van der Waals surface area (Å²) in [4.78, 5) is 0.0853. The highest BCUT2D eigenvalue weighted by Crippen LogP contribution is 2.19. The van der Waals surface area contributed by atoms with Crippen LogP contribution in [0.2, 0.25) is 0 Å². The summed E-state index contributed by atoms with van der Waals surface area (Å²) in [6.45, 7) is 4.93. The van der Waals surface area contributed by atoms with Crippen molar-refractivity contribution in [2.24, 2.45) is 0 Å². The molecule has 0 bridgehead atoms. The number of likely N-dealkylation sites (N-methyl/N-ethyl adjacent to an activating group) is 1. The fourth-order valence-corrected chi connectivity index (χ4v) is 3.37. The molecule has 0 heterocycles. The molecule has 20 heavy (non-hydrogen) atoms. The van der Waals surface area contributed by atoms with Gasteiger partial charge in [0, 0.05) is 17.1 Å². The van der Waals surface area contributed by atoms with E-state index in [0.29, 0.717) is 16.6 Å². The van der Waals surface area contributed by atoms with E-state index in [1.807, 2.05) is 19.9 Å². The van der Waals surface area contributed by atoms with E-state index in [1.54, 1.807) is 6.07 Å². The van der Waals surface area contributed by atoms with E-state index in [4.69, 9.17) is 5.26 Å². The highest BCUT2D eigenvalue weighted by molar-refractivity contribution is 9.10. The number of nitrogens with one attached hydrogen (secondary N) is 2. The van der Waals surface area contributed by atoms with Crippen LogP contribution in [0, 0.1) is 11.3 Å². The third kappa shape index (κ3) is 5.77. The van der Waals surface area contributed by atoms with Gasteiger partial charge >= 0.3 is 0 Å². The maximum absolute atomic E-state index is 12.1. The van der Waals surface area contributed by atoms with Crippen LogP contribution in [0.25, 0.3) is 0 Å². The van der Waals surface area contributed by atoms with Crippen molar-refractivity contribution in [2.45, 2.75) is 24.8 Å². The summed E-state index contributed by atoms with van der Waals surface area (Å²) in [5, 5.41) is 12.0. The lowest BCUT2D eigenvalue weighted by atomic mass is 10.2. The Morgan fingerprint density at radius 1 is 1.40 bits per heavy atom. The van der Waals surface area contributed by atoms with Crippen LogP contribution in [0.15, 0.2) is 27.6 Å². The van der Waals surface area contributed by atoms with Crippen LogP contribution in [-0.2, 0) is 10.0 Å². The van der Waals surface area contributed by atoms with Gasteiger partial charge in [-0.3, -0.25) is 0 Å². The summed E-state index contributed by atoms with van der Waals surface area (Å²) in [7, 11) is -3.60. The number of hydrogen-bond donors (Lipinski definition) is 2. The molecule has 0 saturated heterocycles. The molecule has 0 unspecified atom stereocenters. The van der Waals surface area contributed by atoms with Gasteiger partial charge in [0.15, 0.2) is 0 Å². The Labute approximate surface area is 134 Å². The average Bonchev–Trinajstić information content (AvgIpc) is 2.36. The fraction of sp³-hybridized carbons (Fsp3) is 0.417. The standard InChI is InChI=1S/C12H16BrN3O2S.ClH/c1-3-15-9(2)8-16-19(17,18)12-5-10(7-14)4-11(13)6-12;/h4-6,9,15-16H,3,8H2,1-2H3;1H/t9-;/m1./s1. The highest BCUT2D eigenvalue weighted by atomic mass is 79.9. The molecule has 0 saturated carbocycles. The summed E-state index contributed by atoms with van der Waals surface area (Å²) in [6.07, 6.45) is 0. The second kappa shape index (κ2) is 8.60. The number of rotatable bonds is 6. The molecule has 0 amide bonds. The Kier molecular flexibility index (Phi) is 8.32. The van der Waals surface area contributed by atoms with Crippen LogP contribution in [0.3, 0.4) is 0 Å². The molecule has 0 aromatic heterocycles. The molecule has 5 nitrogen and oxygen atoms in total. The van der Waals surface area contributed by atoms with Crippen LogP contribution in [0.5, 0.6) is 0 Å². The molecule has 0 spiro atoms. The van der Waals surface area contributed by atoms with Crippen molar-refractivity contribution < 1.29 is 8.42 Å². The number of nitrogens with zero attached hydrogens (tertiary/aromatic N) is 1. The summed E-state index contributed by atoms with van der Waals surface area (Å²) in [5.74, 6) is 0. The zero-order chi connectivity index (χ0) is 14.5. The van der Waals surface area contributed by atoms with E-state index in [2.05, 4.69) is 26.0 Å². The van der Waals surface area contributed by atoms with Crippen molar-refractivity contribution >= 4 is 38.4 Å². The predicted octanol–water partition coefficient (Wildman–Crippen LogP) is 2.02. The summed E-state index contributed by atoms with van der Waals surface area (Å²) in [6, 6.07) is 6.37. The molecule has 8 heteroatoms. The molecular formula is C12H17BrClN3O2S.